The van der Waals surface area contributed by atoms with Gasteiger partial charge in [0.15, 0.2) is 0 Å². The maximum atomic E-state index is 3.23. The van der Waals surface area contributed by atoms with Crippen LogP contribution in [0.3, 0.4) is 0 Å². The van der Waals surface area contributed by atoms with Crippen molar-refractivity contribution in [3.05, 3.63) is 142 Å². The predicted molar refractivity (Wildman–Crippen MR) is 219 cm³/mol. The molecule has 200 valence electrons. The summed E-state index contributed by atoms with van der Waals surface area (Å²) < 4.78 is 0. The second-order valence-electron chi connectivity index (χ2n) is 8.28. The second-order valence-corrected chi connectivity index (χ2v) is 15.0. The van der Waals surface area contributed by atoms with Crippen LogP contribution in [0, 0.1) is 44.7 Å². The van der Waals surface area contributed by atoms with E-state index >= 15 is 0 Å². The molecule has 0 saturated carbocycles. The van der Waals surface area contributed by atoms with Gasteiger partial charge in [-0.1, -0.05) is 72.2 Å². The summed E-state index contributed by atoms with van der Waals surface area (Å²) in [7, 11) is 5.95. The Labute approximate surface area is 307 Å². The molecule has 4 rings (SSSR count). The van der Waals surface area contributed by atoms with Gasteiger partial charge in [0.1, 0.15) is 0 Å². The molecule has 0 heterocycles. The Morgan fingerprint density at radius 2 is 0.537 bits per heavy atom. The lowest BCUT2D eigenvalue weighted by molar-refractivity contribution is 0.744. The van der Waals surface area contributed by atoms with E-state index in [0.29, 0.717) is 0 Å². The van der Waals surface area contributed by atoms with Crippen molar-refractivity contribution in [3.63, 3.8) is 0 Å². The third-order valence-electron chi connectivity index (χ3n) is 6.21. The monoisotopic (exact) mass is 1050 g/mol. The number of halogens is 4. The molecule has 4 aromatic carbocycles. The summed E-state index contributed by atoms with van der Waals surface area (Å²) >= 11 is 8.79. The van der Waals surface area contributed by atoms with Gasteiger partial charge < -0.3 is 0 Å². The van der Waals surface area contributed by atoms with Crippen LogP contribution >= 0.6 is 121 Å². The van der Waals surface area contributed by atoms with Crippen LogP contribution in [-0.4, -0.2) is 0 Å². The molecule has 0 unspecified atom stereocenters. The lowest BCUT2D eigenvalue weighted by Gasteiger charge is -2.37. The van der Waals surface area contributed by atoms with Gasteiger partial charge in [-0.2, -0.15) is 0 Å². The first-order valence-electron chi connectivity index (χ1n) is 11.7. The first-order chi connectivity index (χ1) is 20.1. The van der Waals surface area contributed by atoms with Crippen molar-refractivity contribution in [2.24, 2.45) is 0 Å². The fourth-order valence-corrected chi connectivity index (χ4v) is 6.47. The molecule has 41 heavy (non-hydrogen) atoms. The molecular formula is C33H16I4S4. The molecule has 4 aromatic rings. The molecule has 0 radical (unpaired) electrons. The maximum absolute atomic E-state index is 3.23. The van der Waals surface area contributed by atoms with E-state index in [4.69, 9.17) is 0 Å². The topological polar surface area (TPSA) is 0 Å². The van der Waals surface area contributed by atoms with Gasteiger partial charge in [-0.05, 0) is 128 Å². The lowest BCUT2D eigenvalue weighted by Crippen LogP contribution is -2.31. The van der Waals surface area contributed by atoms with Gasteiger partial charge in [-0.25, -0.2) is 0 Å². The van der Waals surface area contributed by atoms with Crippen molar-refractivity contribution in [2.45, 2.75) is 5.41 Å². The van der Waals surface area contributed by atoms with Crippen LogP contribution in [0.15, 0.2) is 97.1 Å². The first kappa shape index (κ1) is 33.3. The largest absolute Gasteiger partial charge is 0.0701 e. The van der Waals surface area contributed by atoms with Crippen LogP contribution in [-0.2, 0) is 5.41 Å². The molecule has 0 bridgehead atoms. The Balaban J connectivity index is 2.02. The highest BCUT2D eigenvalue weighted by atomic mass is 127. The molecule has 8 heteroatoms. The zero-order valence-electron chi connectivity index (χ0n) is 20.9. The van der Waals surface area contributed by atoms with Crippen LogP contribution < -0.4 is 0 Å². The van der Waals surface area contributed by atoms with Crippen LogP contribution in [0.4, 0.5) is 0 Å². The van der Waals surface area contributed by atoms with E-state index in [0.717, 1.165) is 44.5 Å². The van der Waals surface area contributed by atoms with E-state index in [-0.39, 0.29) is 0 Å². The summed E-state index contributed by atoms with van der Waals surface area (Å²) in [4.78, 5) is 0. The van der Waals surface area contributed by atoms with Gasteiger partial charge >= 0.3 is 0 Å². The number of hydrogen-bond donors (Lipinski definition) is 0. The fraction of sp³-hybridized carbons (Fsp3) is 0.0303. The molecule has 0 aromatic heterocycles. The Morgan fingerprint density at radius 3 is 0.707 bits per heavy atom. The maximum Gasteiger partial charge on any atom is 0.0701 e. The molecular weight excluding hydrogens is 1030 g/mol. The molecule has 0 aliphatic heterocycles. The van der Waals surface area contributed by atoms with Crippen LogP contribution in [0.1, 0.15) is 44.5 Å². The highest BCUT2D eigenvalue weighted by molar-refractivity contribution is 14.2. The summed E-state index contributed by atoms with van der Waals surface area (Å²) in [5.74, 6) is 12.9. The molecule has 0 atom stereocenters. The van der Waals surface area contributed by atoms with Gasteiger partial charge in [-0.15, -0.1) is 0 Å². The van der Waals surface area contributed by atoms with E-state index < -0.39 is 5.41 Å². The van der Waals surface area contributed by atoms with Crippen molar-refractivity contribution in [2.75, 3.05) is 0 Å². The molecule has 0 fully saturated rings. The second kappa shape index (κ2) is 17.7. The molecule has 0 amide bonds. The summed E-state index contributed by atoms with van der Waals surface area (Å²) in [5.41, 5.74) is 7.93. The van der Waals surface area contributed by atoms with Crippen LogP contribution in [0.5, 0.6) is 0 Å². The van der Waals surface area contributed by atoms with Gasteiger partial charge in [-0.3, -0.25) is 0 Å². The van der Waals surface area contributed by atoms with Crippen molar-refractivity contribution < 1.29 is 0 Å². The average Bonchev–Trinajstić information content (AvgIpc) is 3.03. The van der Waals surface area contributed by atoms with Crippen molar-refractivity contribution >= 4 is 121 Å². The Hall–Kier alpha value is -0.560. The minimum atomic E-state index is -0.595. The van der Waals surface area contributed by atoms with E-state index in [1.807, 2.05) is 0 Å². The number of rotatable bonds is 4. The Bertz CT molecular complexity index is 1450. The standard InChI is InChI=1S/C33H16I4S4/c34-38-21-17-25-1-9-29(10-2-25)33(30-11-3-26(4-12-30)18-22-39-35,31-13-5-27(6-14-31)19-23-40-36)32-15-7-28(8-16-32)20-24-41-37/h1-16H. The van der Waals surface area contributed by atoms with Crippen molar-refractivity contribution in [3.8, 4) is 44.7 Å². The highest BCUT2D eigenvalue weighted by Gasteiger charge is 2.38. The third-order valence-corrected chi connectivity index (χ3v) is 9.57. The van der Waals surface area contributed by atoms with E-state index in [2.05, 4.69) is 227 Å². The molecule has 0 aliphatic carbocycles. The smallest absolute Gasteiger partial charge is 0.0562 e. The molecule has 0 nitrogen and oxygen atoms in total. The van der Waals surface area contributed by atoms with Gasteiger partial charge in [0.05, 0.1) is 5.41 Å². The summed E-state index contributed by atoms with van der Waals surface area (Å²) in [6.45, 7) is 0. The normalized spacial score (nSPS) is 10.0. The van der Waals surface area contributed by atoms with Crippen molar-refractivity contribution in [1.29, 1.82) is 0 Å². The summed E-state index contributed by atoms with van der Waals surface area (Å²) in [6, 6.07) is 34.4. The SMILES string of the molecule is ISC#Cc1ccc(C(c2ccc(C#CSI)cc2)(c2ccc(C#CSI)cc2)c2ccc(C#CSI)cc2)cc1. The first-order valence-corrected chi connectivity index (χ1v) is 25.2. The molecule has 0 aliphatic rings. The Kier molecular flexibility index (Phi) is 14.4. The summed E-state index contributed by atoms with van der Waals surface area (Å²) in [5, 5.41) is 12.4. The number of benzene rings is 4. The highest BCUT2D eigenvalue weighted by Crippen LogP contribution is 2.45. The third kappa shape index (κ3) is 8.76. The van der Waals surface area contributed by atoms with Gasteiger partial charge in [0.25, 0.3) is 0 Å². The van der Waals surface area contributed by atoms with E-state index in [1.165, 1.54) is 35.7 Å². The van der Waals surface area contributed by atoms with E-state index in [1.54, 1.807) is 0 Å². The zero-order chi connectivity index (χ0) is 28.9. The quantitative estimate of drug-likeness (QED) is 0.113. The van der Waals surface area contributed by atoms with Crippen molar-refractivity contribution in [1.82, 2.24) is 0 Å². The van der Waals surface area contributed by atoms with Crippen LogP contribution in [0.25, 0.3) is 0 Å². The Morgan fingerprint density at radius 1 is 0.341 bits per heavy atom. The molecule has 0 saturated heterocycles. The predicted octanol–water partition coefficient (Wildman–Crippen LogP) is 11.6. The minimum absolute atomic E-state index is 0.595. The van der Waals surface area contributed by atoms with Crippen LogP contribution in [0.2, 0.25) is 0 Å². The number of hydrogen-bond acceptors (Lipinski definition) is 4. The molecule has 0 N–H and O–H groups in total. The molecule has 0 spiro atoms. The zero-order valence-corrected chi connectivity index (χ0v) is 32.8. The lowest BCUT2D eigenvalue weighted by atomic mass is 9.65. The average molecular weight is 1050 g/mol. The summed E-state index contributed by atoms with van der Waals surface area (Å²) in [6.07, 6.45) is 0. The van der Waals surface area contributed by atoms with Gasteiger partial charge in [0.2, 0.25) is 0 Å². The van der Waals surface area contributed by atoms with E-state index in [9.17, 15) is 0 Å². The fourth-order valence-electron chi connectivity index (χ4n) is 4.53. The van der Waals surface area contributed by atoms with Gasteiger partial charge in [0, 0.05) is 107 Å². The minimum Gasteiger partial charge on any atom is -0.0562 e.